The summed E-state index contributed by atoms with van der Waals surface area (Å²) < 4.78 is 17.4. The molecular weight excluding hydrogens is 213 g/mol. The summed E-state index contributed by atoms with van der Waals surface area (Å²) in [6, 6.07) is 5.41. The van der Waals surface area contributed by atoms with E-state index in [0.717, 1.165) is 11.0 Å². The highest BCUT2D eigenvalue weighted by Crippen LogP contribution is 2.14. The molecule has 5 heteroatoms. The maximum Gasteiger partial charge on any atom is 0.397 e. The Hall–Kier alpha value is -1.91. The van der Waals surface area contributed by atoms with E-state index in [0.29, 0.717) is 5.69 Å². The molecule has 0 saturated carbocycles. The van der Waals surface area contributed by atoms with Crippen LogP contribution < -0.4 is 4.90 Å². The Kier molecular flexibility index (Phi) is 3.99. The van der Waals surface area contributed by atoms with Crippen LogP contribution in [0.3, 0.4) is 0 Å². The lowest BCUT2D eigenvalue weighted by atomic mass is 10.3. The van der Waals surface area contributed by atoms with Crippen LogP contribution in [0.1, 0.15) is 6.92 Å². The van der Waals surface area contributed by atoms with Gasteiger partial charge in [0.15, 0.2) is 0 Å². The van der Waals surface area contributed by atoms with Gasteiger partial charge in [0.2, 0.25) is 0 Å². The van der Waals surface area contributed by atoms with E-state index in [4.69, 9.17) is 0 Å². The van der Waals surface area contributed by atoms with E-state index in [2.05, 4.69) is 4.74 Å². The molecule has 0 heterocycles. The van der Waals surface area contributed by atoms with Crippen molar-refractivity contribution in [1.29, 1.82) is 0 Å². The third-order valence-electron chi connectivity index (χ3n) is 1.95. The molecule has 1 amide bonds. The maximum absolute atomic E-state index is 12.9. The van der Waals surface area contributed by atoms with E-state index in [1.807, 2.05) is 0 Å². The first-order valence-corrected chi connectivity index (χ1v) is 4.76. The van der Waals surface area contributed by atoms with E-state index in [9.17, 15) is 14.0 Å². The van der Waals surface area contributed by atoms with Gasteiger partial charge in [-0.1, -0.05) is 6.07 Å². The third kappa shape index (κ3) is 2.79. The molecule has 0 aliphatic carbocycles. The molecule has 0 N–H and O–H groups in total. The normalized spacial score (nSPS) is 9.69. The molecule has 0 aromatic heterocycles. The number of benzene rings is 1. The molecule has 0 bridgehead atoms. The summed E-state index contributed by atoms with van der Waals surface area (Å²) in [5.41, 5.74) is 0.304. The van der Waals surface area contributed by atoms with Gasteiger partial charge >= 0.3 is 11.9 Å². The molecule has 0 aliphatic heterocycles. The van der Waals surface area contributed by atoms with E-state index in [-0.39, 0.29) is 6.61 Å². The zero-order valence-electron chi connectivity index (χ0n) is 9.07. The molecule has 1 aromatic rings. The van der Waals surface area contributed by atoms with Crippen molar-refractivity contribution in [2.24, 2.45) is 0 Å². The molecule has 0 atom stereocenters. The molecule has 0 saturated heterocycles. The van der Waals surface area contributed by atoms with Crippen molar-refractivity contribution in [2.45, 2.75) is 6.92 Å². The van der Waals surface area contributed by atoms with Crippen LogP contribution in [-0.2, 0) is 14.3 Å². The minimum atomic E-state index is -0.950. The van der Waals surface area contributed by atoms with Crippen LogP contribution in [0.5, 0.6) is 0 Å². The monoisotopic (exact) mass is 225 g/mol. The molecular formula is C11H12FNO3. The summed E-state index contributed by atoms with van der Waals surface area (Å²) in [5, 5.41) is 0. The van der Waals surface area contributed by atoms with Crippen LogP contribution in [0.4, 0.5) is 10.1 Å². The molecule has 0 aliphatic rings. The van der Waals surface area contributed by atoms with Gasteiger partial charge in [0.1, 0.15) is 5.82 Å². The molecule has 0 fully saturated rings. The molecule has 0 spiro atoms. The van der Waals surface area contributed by atoms with Crippen LogP contribution in [-0.4, -0.2) is 25.5 Å². The Morgan fingerprint density at radius 3 is 2.69 bits per heavy atom. The summed E-state index contributed by atoms with van der Waals surface area (Å²) >= 11 is 0. The number of hydrogen-bond acceptors (Lipinski definition) is 3. The van der Waals surface area contributed by atoms with E-state index >= 15 is 0 Å². The van der Waals surface area contributed by atoms with Gasteiger partial charge in [-0.3, -0.25) is 4.79 Å². The van der Waals surface area contributed by atoms with Crippen molar-refractivity contribution in [1.82, 2.24) is 0 Å². The lowest BCUT2D eigenvalue weighted by molar-refractivity contribution is -0.153. The first-order chi connectivity index (χ1) is 7.56. The fourth-order valence-electron chi connectivity index (χ4n) is 1.13. The number of anilines is 1. The lowest BCUT2D eigenvalue weighted by Crippen LogP contribution is -2.34. The predicted octanol–water partition coefficient (Wildman–Crippen LogP) is 1.35. The van der Waals surface area contributed by atoms with Gasteiger partial charge < -0.3 is 9.64 Å². The van der Waals surface area contributed by atoms with Crippen molar-refractivity contribution >= 4 is 17.6 Å². The Balaban J connectivity index is 2.82. The van der Waals surface area contributed by atoms with E-state index in [1.165, 1.54) is 25.2 Å². The summed E-state index contributed by atoms with van der Waals surface area (Å²) in [6.07, 6.45) is 0. The average molecular weight is 225 g/mol. The second-order valence-electron chi connectivity index (χ2n) is 3.06. The summed E-state index contributed by atoms with van der Waals surface area (Å²) in [7, 11) is 1.38. The predicted molar refractivity (Wildman–Crippen MR) is 56.4 cm³/mol. The SMILES string of the molecule is CCOC(=O)C(=O)N(C)c1cccc(F)c1. The highest BCUT2D eigenvalue weighted by molar-refractivity contribution is 6.37. The number of halogens is 1. The number of likely N-dealkylation sites (N-methyl/N-ethyl adjacent to an activating group) is 1. The van der Waals surface area contributed by atoms with Crippen molar-refractivity contribution in [2.75, 3.05) is 18.6 Å². The second-order valence-corrected chi connectivity index (χ2v) is 3.06. The van der Waals surface area contributed by atoms with Gasteiger partial charge in [0.25, 0.3) is 0 Å². The Bertz CT molecular complexity index is 406. The van der Waals surface area contributed by atoms with Gasteiger partial charge in [-0.2, -0.15) is 0 Å². The highest BCUT2D eigenvalue weighted by atomic mass is 19.1. The van der Waals surface area contributed by atoms with Crippen molar-refractivity contribution in [3.8, 4) is 0 Å². The lowest BCUT2D eigenvalue weighted by Gasteiger charge is -2.15. The summed E-state index contributed by atoms with van der Waals surface area (Å²) in [4.78, 5) is 23.7. The average Bonchev–Trinajstić information content (AvgIpc) is 2.27. The van der Waals surface area contributed by atoms with Gasteiger partial charge in [0, 0.05) is 12.7 Å². The van der Waals surface area contributed by atoms with E-state index in [1.54, 1.807) is 6.92 Å². The number of rotatable bonds is 2. The van der Waals surface area contributed by atoms with Gasteiger partial charge in [-0.15, -0.1) is 0 Å². The van der Waals surface area contributed by atoms with Crippen LogP contribution in [0.15, 0.2) is 24.3 Å². The molecule has 0 radical (unpaired) electrons. The first kappa shape index (κ1) is 12.2. The minimum Gasteiger partial charge on any atom is -0.459 e. The zero-order chi connectivity index (χ0) is 12.1. The molecule has 1 rings (SSSR count). The quantitative estimate of drug-likeness (QED) is 0.564. The fourth-order valence-corrected chi connectivity index (χ4v) is 1.13. The Labute approximate surface area is 92.6 Å². The molecule has 1 aromatic carbocycles. The van der Waals surface area contributed by atoms with E-state index < -0.39 is 17.7 Å². The van der Waals surface area contributed by atoms with Crippen LogP contribution in [0, 0.1) is 5.82 Å². The number of amides is 1. The molecule has 0 unspecified atom stereocenters. The standard InChI is InChI=1S/C11H12FNO3/c1-3-16-11(15)10(14)13(2)9-6-4-5-8(12)7-9/h4-7H,3H2,1-2H3. The van der Waals surface area contributed by atoms with Crippen molar-refractivity contribution in [3.05, 3.63) is 30.1 Å². The van der Waals surface area contributed by atoms with Crippen LogP contribution >= 0.6 is 0 Å². The molecule has 4 nitrogen and oxygen atoms in total. The zero-order valence-corrected chi connectivity index (χ0v) is 9.07. The number of carbonyl (C=O) groups excluding carboxylic acids is 2. The smallest absolute Gasteiger partial charge is 0.397 e. The summed E-state index contributed by atoms with van der Waals surface area (Å²) in [6.45, 7) is 1.73. The topological polar surface area (TPSA) is 46.6 Å². The largest absolute Gasteiger partial charge is 0.459 e. The van der Waals surface area contributed by atoms with Gasteiger partial charge in [0.05, 0.1) is 6.61 Å². The highest BCUT2D eigenvalue weighted by Gasteiger charge is 2.21. The first-order valence-electron chi connectivity index (χ1n) is 4.76. The van der Waals surface area contributed by atoms with Gasteiger partial charge in [-0.25, -0.2) is 9.18 Å². The van der Waals surface area contributed by atoms with Gasteiger partial charge in [-0.05, 0) is 25.1 Å². The summed E-state index contributed by atoms with van der Waals surface area (Å²) in [5.74, 6) is -2.25. The second kappa shape index (κ2) is 5.25. The number of ether oxygens (including phenoxy) is 1. The number of esters is 1. The number of carbonyl (C=O) groups is 2. The molecule has 16 heavy (non-hydrogen) atoms. The Morgan fingerprint density at radius 1 is 1.44 bits per heavy atom. The number of hydrogen-bond donors (Lipinski definition) is 0. The molecule has 86 valence electrons. The maximum atomic E-state index is 12.9. The van der Waals surface area contributed by atoms with Crippen LogP contribution in [0.25, 0.3) is 0 Å². The third-order valence-corrected chi connectivity index (χ3v) is 1.95. The number of nitrogens with zero attached hydrogens (tertiary/aromatic N) is 1. The van der Waals surface area contributed by atoms with Crippen LogP contribution in [0.2, 0.25) is 0 Å². The van der Waals surface area contributed by atoms with Crippen molar-refractivity contribution < 1.29 is 18.7 Å². The fraction of sp³-hybridized carbons (Fsp3) is 0.273. The Morgan fingerprint density at radius 2 is 2.12 bits per heavy atom. The van der Waals surface area contributed by atoms with Crippen molar-refractivity contribution in [3.63, 3.8) is 0 Å². The minimum absolute atomic E-state index is 0.127.